The second-order valence-electron chi connectivity index (χ2n) is 7.34. The molecule has 1 heterocycles. The minimum Gasteiger partial charge on any atom is -1.00 e. The van der Waals surface area contributed by atoms with Crippen molar-refractivity contribution in [2.24, 2.45) is 0 Å². The number of amides is 2. The minimum atomic E-state index is -0.252. The number of rotatable bonds is 6. The van der Waals surface area contributed by atoms with Crippen LogP contribution in [-0.4, -0.2) is 11.8 Å². The van der Waals surface area contributed by atoms with Crippen LogP contribution in [0, 0.1) is 0 Å². The van der Waals surface area contributed by atoms with Crippen molar-refractivity contribution in [1.29, 1.82) is 0 Å². The molecule has 0 saturated heterocycles. The van der Waals surface area contributed by atoms with Gasteiger partial charge in [0.2, 0.25) is 23.0 Å². The van der Waals surface area contributed by atoms with Gasteiger partial charge in [0, 0.05) is 28.4 Å². The maximum atomic E-state index is 11.9. The molecule has 0 aliphatic carbocycles. The number of hydrogen-bond donors (Lipinski definition) is 2. The topological polar surface area (TPSA) is 62.1 Å². The molecule has 4 aromatic rings. The fourth-order valence-electron chi connectivity index (χ4n) is 4.00. The summed E-state index contributed by atoms with van der Waals surface area (Å²) in [5, 5.41) is 8.85. The predicted octanol–water partition coefficient (Wildman–Crippen LogP) is 2.22. The maximum absolute atomic E-state index is 11.9. The second kappa shape index (κ2) is 10.2. The first-order valence-corrected chi connectivity index (χ1v) is 10.4. The number of pyridine rings is 1. The zero-order valence-corrected chi connectivity index (χ0v) is 19.9. The molecular weight excluding hydrogens is 478 g/mol. The number of halogens is 1. The van der Waals surface area contributed by atoms with Crippen LogP contribution in [0.1, 0.15) is 6.92 Å². The highest BCUT2D eigenvalue weighted by atomic mass is 79.9. The molecule has 0 aliphatic heterocycles. The molecule has 0 fully saturated rings. The minimum absolute atomic E-state index is 0. The fourth-order valence-corrected chi connectivity index (χ4v) is 4.00. The average Bonchev–Trinajstić information content (AvgIpc) is 2.83. The molecule has 6 heteroatoms. The summed E-state index contributed by atoms with van der Waals surface area (Å²) >= 11 is 0. The molecule has 2 N–H and O–H groups in total. The maximum Gasteiger partial charge on any atom is 0.247 e. The van der Waals surface area contributed by atoms with Gasteiger partial charge in [-0.15, -0.1) is 0 Å². The molecule has 4 rings (SSSR count). The number of hydrogen-bond acceptors (Lipinski definition) is 2. The monoisotopic (exact) mass is 501 g/mol. The van der Waals surface area contributed by atoms with Crippen LogP contribution in [0.5, 0.6) is 0 Å². The van der Waals surface area contributed by atoms with E-state index in [1.54, 1.807) is 0 Å². The van der Waals surface area contributed by atoms with Gasteiger partial charge in [0.25, 0.3) is 0 Å². The van der Waals surface area contributed by atoms with Gasteiger partial charge in [-0.3, -0.25) is 9.59 Å². The molecule has 33 heavy (non-hydrogen) atoms. The Morgan fingerprint density at radius 1 is 0.818 bits per heavy atom. The Morgan fingerprint density at radius 2 is 1.39 bits per heavy atom. The molecule has 5 nitrogen and oxygen atoms in total. The average molecular weight is 502 g/mol. The van der Waals surface area contributed by atoms with Crippen molar-refractivity contribution in [3.8, 4) is 11.3 Å². The predicted molar refractivity (Wildman–Crippen MR) is 130 cm³/mol. The quantitative estimate of drug-likeness (QED) is 0.241. The Morgan fingerprint density at radius 3 is 1.97 bits per heavy atom. The van der Waals surface area contributed by atoms with E-state index in [0.717, 1.165) is 39.5 Å². The third-order valence-electron chi connectivity index (χ3n) is 5.39. The lowest BCUT2D eigenvalue weighted by Gasteiger charge is -2.13. The standard InChI is InChI=1S/C27H23N3O2.BrH/c1-4-25(31)28-19-12-14-21-22-15-13-20(29-26(32)5-2)17-24(22)30(6-3)27(23(21)16-19)18-10-8-7-9-11-18;/h4-5,7-17H,1-2,6H2,3H3,(H,28,31);1H. The number of benzene rings is 3. The summed E-state index contributed by atoms with van der Waals surface area (Å²) in [6, 6.07) is 21.9. The first-order valence-electron chi connectivity index (χ1n) is 10.4. The zero-order valence-electron chi connectivity index (χ0n) is 18.3. The van der Waals surface area contributed by atoms with Crippen molar-refractivity contribution in [3.05, 3.63) is 92.0 Å². The number of nitrogens with zero attached hydrogens (tertiary/aromatic N) is 1. The van der Waals surface area contributed by atoms with Crippen molar-refractivity contribution < 1.29 is 31.1 Å². The van der Waals surface area contributed by atoms with Crippen LogP contribution < -0.4 is 32.2 Å². The molecule has 2 amide bonds. The molecule has 166 valence electrons. The van der Waals surface area contributed by atoms with Gasteiger partial charge in [0.1, 0.15) is 6.54 Å². The van der Waals surface area contributed by atoms with Crippen molar-refractivity contribution >= 4 is 44.9 Å². The Labute approximate surface area is 203 Å². The van der Waals surface area contributed by atoms with Gasteiger partial charge in [-0.25, -0.2) is 0 Å². The van der Waals surface area contributed by atoms with Gasteiger partial charge in [-0.05, 0) is 55.5 Å². The van der Waals surface area contributed by atoms with Crippen LogP contribution >= 0.6 is 0 Å². The van der Waals surface area contributed by atoms with Crippen LogP contribution in [0.4, 0.5) is 11.4 Å². The van der Waals surface area contributed by atoms with Gasteiger partial charge >= 0.3 is 0 Å². The van der Waals surface area contributed by atoms with E-state index < -0.39 is 0 Å². The van der Waals surface area contributed by atoms with Crippen molar-refractivity contribution in [2.75, 3.05) is 10.6 Å². The number of carbonyl (C=O) groups is 2. The number of aryl methyl sites for hydroxylation is 1. The van der Waals surface area contributed by atoms with Crippen LogP contribution in [0.2, 0.25) is 0 Å². The summed E-state index contributed by atoms with van der Waals surface area (Å²) in [6.45, 7) is 9.88. The third kappa shape index (κ3) is 4.71. The molecule has 0 radical (unpaired) electrons. The summed E-state index contributed by atoms with van der Waals surface area (Å²) in [5.74, 6) is -0.503. The second-order valence-corrected chi connectivity index (χ2v) is 7.34. The van der Waals surface area contributed by atoms with E-state index in [4.69, 9.17) is 0 Å². The van der Waals surface area contributed by atoms with E-state index in [1.165, 1.54) is 12.2 Å². The molecule has 1 aromatic heterocycles. The number of carbonyl (C=O) groups excluding carboxylic acids is 2. The Bertz CT molecular complexity index is 1380. The summed E-state index contributed by atoms with van der Waals surface area (Å²) in [4.78, 5) is 23.7. The largest absolute Gasteiger partial charge is 1.00 e. The first-order chi connectivity index (χ1) is 15.5. The number of anilines is 2. The Hall–Kier alpha value is -3.77. The van der Waals surface area contributed by atoms with E-state index in [0.29, 0.717) is 11.4 Å². The fraction of sp³-hybridized carbons (Fsp3) is 0.0741. The molecule has 0 atom stereocenters. The van der Waals surface area contributed by atoms with Crippen LogP contribution in [0.15, 0.2) is 92.0 Å². The summed E-state index contributed by atoms with van der Waals surface area (Å²) < 4.78 is 2.23. The van der Waals surface area contributed by atoms with Crippen molar-refractivity contribution in [3.63, 3.8) is 0 Å². The summed E-state index contributed by atoms with van der Waals surface area (Å²) in [7, 11) is 0. The van der Waals surface area contributed by atoms with Crippen molar-refractivity contribution in [2.45, 2.75) is 13.5 Å². The number of fused-ring (bicyclic) bond motifs is 3. The SMILES string of the molecule is C=CC(=O)Nc1ccc2c(c1)c(-c1ccccc1)[n+](CC)c1cc(NC(=O)C=C)ccc21.[Br-]. The molecule has 0 bridgehead atoms. The van der Waals surface area contributed by atoms with Crippen LogP contribution in [-0.2, 0) is 16.1 Å². The molecular formula is C27H24BrN3O2. The summed E-state index contributed by atoms with van der Waals surface area (Å²) in [6.07, 6.45) is 2.51. The van der Waals surface area contributed by atoms with E-state index in [1.807, 2.05) is 54.6 Å². The highest BCUT2D eigenvalue weighted by Gasteiger charge is 2.23. The lowest BCUT2D eigenvalue weighted by atomic mass is 9.98. The smallest absolute Gasteiger partial charge is 0.247 e. The van der Waals surface area contributed by atoms with Gasteiger partial charge in [-0.2, -0.15) is 4.57 Å². The molecule has 0 spiro atoms. The number of aromatic nitrogens is 1. The Balaban J connectivity index is 0.00000306. The molecule has 3 aromatic carbocycles. The van der Waals surface area contributed by atoms with Gasteiger partial charge in [0.15, 0.2) is 0 Å². The number of nitrogens with one attached hydrogen (secondary N) is 2. The van der Waals surface area contributed by atoms with E-state index in [2.05, 4.69) is 47.4 Å². The Kier molecular flexibility index (Phi) is 7.41. The van der Waals surface area contributed by atoms with Gasteiger partial charge in [-0.1, -0.05) is 37.4 Å². The lowest BCUT2D eigenvalue weighted by molar-refractivity contribution is -0.655. The van der Waals surface area contributed by atoms with Crippen molar-refractivity contribution in [1.82, 2.24) is 0 Å². The summed E-state index contributed by atoms with van der Waals surface area (Å²) in [5.41, 5.74) is 4.52. The van der Waals surface area contributed by atoms with E-state index >= 15 is 0 Å². The van der Waals surface area contributed by atoms with Crippen LogP contribution in [0.25, 0.3) is 32.9 Å². The van der Waals surface area contributed by atoms with E-state index in [-0.39, 0.29) is 28.8 Å². The normalized spacial score (nSPS) is 10.3. The molecule has 0 unspecified atom stereocenters. The van der Waals surface area contributed by atoms with Crippen LogP contribution in [0.3, 0.4) is 0 Å². The van der Waals surface area contributed by atoms with E-state index in [9.17, 15) is 9.59 Å². The van der Waals surface area contributed by atoms with Gasteiger partial charge in [0.05, 0.1) is 10.8 Å². The lowest BCUT2D eigenvalue weighted by Crippen LogP contribution is -3.00. The molecule has 0 aliphatic rings. The van der Waals surface area contributed by atoms with Gasteiger partial charge < -0.3 is 27.6 Å². The molecule has 0 saturated carbocycles. The first kappa shape index (κ1) is 23.9. The highest BCUT2D eigenvalue weighted by molar-refractivity contribution is 6.11. The zero-order chi connectivity index (χ0) is 22.7. The third-order valence-corrected chi connectivity index (χ3v) is 5.39. The highest BCUT2D eigenvalue weighted by Crippen LogP contribution is 2.34.